The largest absolute Gasteiger partial charge is 0.435 e. The van der Waals surface area contributed by atoms with E-state index < -0.39 is 6.61 Å². The first-order valence-corrected chi connectivity index (χ1v) is 8.26. The average molecular weight is 363 g/mol. The van der Waals surface area contributed by atoms with Gasteiger partial charge in [-0.1, -0.05) is 42.5 Å². The van der Waals surface area contributed by atoms with Gasteiger partial charge in [0.2, 0.25) is 0 Å². The fraction of sp³-hybridized carbons (Fsp3) is 0.316. The molecule has 0 aliphatic rings. The first-order valence-electron chi connectivity index (χ1n) is 8.26. The molecule has 0 aliphatic heterocycles. The summed E-state index contributed by atoms with van der Waals surface area (Å²) in [5, 5.41) is 15.9. The maximum Gasteiger partial charge on any atom is 0.387 e. The lowest BCUT2D eigenvalue weighted by atomic mass is 10.0. The second kappa shape index (κ2) is 10.4. The molecule has 0 saturated carbocycles. The van der Waals surface area contributed by atoms with E-state index in [1.54, 1.807) is 25.2 Å². The Hall–Kier alpha value is -2.67. The number of nitrogens with zero attached hydrogens (tertiary/aromatic N) is 1. The maximum atomic E-state index is 12.3. The molecule has 2 aromatic rings. The van der Waals surface area contributed by atoms with Crippen molar-refractivity contribution >= 4 is 5.96 Å². The van der Waals surface area contributed by atoms with Crippen LogP contribution in [0.5, 0.6) is 5.75 Å². The smallest absolute Gasteiger partial charge is 0.387 e. The van der Waals surface area contributed by atoms with Gasteiger partial charge in [0.25, 0.3) is 0 Å². The predicted molar refractivity (Wildman–Crippen MR) is 97.5 cm³/mol. The van der Waals surface area contributed by atoms with E-state index in [1.165, 1.54) is 6.07 Å². The fourth-order valence-electron chi connectivity index (χ4n) is 2.47. The van der Waals surface area contributed by atoms with E-state index >= 15 is 0 Å². The van der Waals surface area contributed by atoms with Crippen LogP contribution in [0.25, 0.3) is 0 Å². The molecule has 0 spiro atoms. The summed E-state index contributed by atoms with van der Waals surface area (Å²) in [4.78, 5) is 4.14. The molecule has 26 heavy (non-hydrogen) atoms. The van der Waals surface area contributed by atoms with Crippen LogP contribution < -0.4 is 15.4 Å². The van der Waals surface area contributed by atoms with Crippen molar-refractivity contribution in [2.45, 2.75) is 19.1 Å². The number of nitrogens with one attached hydrogen (secondary N) is 2. The van der Waals surface area contributed by atoms with Gasteiger partial charge in [-0.25, -0.2) is 0 Å². The quantitative estimate of drug-likeness (QED) is 0.498. The number of aliphatic imine (C=N–C) groups is 1. The highest BCUT2D eigenvalue weighted by Crippen LogP contribution is 2.16. The molecule has 0 aromatic heterocycles. The minimum absolute atomic E-state index is 0.0149. The van der Waals surface area contributed by atoms with Crippen molar-refractivity contribution in [2.75, 3.05) is 20.2 Å². The number of alkyl halides is 2. The maximum absolute atomic E-state index is 12.3. The summed E-state index contributed by atoms with van der Waals surface area (Å²) in [6.07, 6.45) is 0. The minimum Gasteiger partial charge on any atom is -0.435 e. The molecule has 0 aliphatic carbocycles. The van der Waals surface area contributed by atoms with Crippen molar-refractivity contribution in [2.24, 2.45) is 4.99 Å². The number of ether oxygens (including phenoxy) is 1. The molecule has 0 amide bonds. The van der Waals surface area contributed by atoms with Crippen LogP contribution in [0.1, 0.15) is 17.0 Å². The number of aliphatic hydroxyl groups is 1. The van der Waals surface area contributed by atoms with Crippen LogP contribution in [0.4, 0.5) is 8.78 Å². The van der Waals surface area contributed by atoms with Gasteiger partial charge in [0, 0.05) is 26.1 Å². The Kier molecular flexibility index (Phi) is 7.82. The monoisotopic (exact) mass is 363 g/mol. The van der Waals surface area contributed by atoms with Crippen molar-refractivity contribution in [3.8, 4) is 5.75 Å². The van der Waals surface area contributed by atoms with Gasteiger partial charge in [0.05, 0.1) is 6.61 Å². The number of halogens is 2. The van der Waals surface area contributed by atoms with E-state index in [9.17, 15) is 13.9 Å². The molecule has 0 bridgehead atoms. The molecule has 0 fully saturated rings. The standard InChI is InChI=1S/C19H23F2N3O2/c1-22-19(24-12-16(13-25)15-7-3-2-4-8-15)23-11-14-6-5-9-17(10-14)26-18(20)21/h2-10,16,18,25H,11-13H2,1H3,(H2,22,23,24). The van der Waals surface area contributed by atoms with E-state index in [-0.39, 0.29) is 18.3 Å². The summed E-state index contributed by atoms with van der Waals surface area (Å²) in [6.45, 7) is -1.92. The van der Waals surface area contributed by atoms with E-state index in [1.807, 2.05) is 30.3 Å². The van der Waals surface area contributed by atoms with Gasteiger partial charge in [-0.3, -0.25) is 4.99 Å². The summed E-state index contributed by atoms with van der Waals surface area (Å²) in [7, 11) is 1.64. The Morgan fingerprint density at radius 3 is 2.54 bits per heavy atom. The Morgan fingerprint density at radius 2 is 1.88 bits per heavy atom. The minimum atomic E-state index is -2.85. The lowest BCUT2D eigenvalue weighted by molar-refractivity contribution is -0.0498. The lowest BCUT2D eigenvalue weighted by Gasteiger charge is -2.18. The Bertz CT molecular complexity index is 696. The van der Waals surface area contributed by atoms with Crippen molar-refractivity contribution in [3.63, 3.8) is 0 Å². The molecular formula is C19H23F2N3O2. The molecule has 0 saturated heterocycles. The summed E-state index contributed by atoms with van der Waals surface area (Å²) < 4.78 is 29.0. The molecular weight excluding hydrogens is 340 g/mol. The van der Waals surface area contributed by atoms with Gasteiger partial charge in [-0.05, 0) is 23.3 Å². The SMILES string of the molecule is CN=C(NCc1cccc(OC(F)F)c1)NCC(CO)c1ccccc1. The number of guanidine groups is 1. The second-order valence-electron chi connectivity index (χ2n) is 5.62. The van der Waals surface area contributed by atoms with Gasteiger partial charge >= 0.3 is 6.61 Å². The summed E-state index contributed by atoms with van der Waals surface area (Å²) in [5.74, 6) is 0.615. The van der Waals surface area contributed by atoms with Crippen LogP contribution in [-0.2, 0) is 6.54 Å². The number of rotatable bonds is 8. The van der Waals surface area contributed by atoms with Crippen molar-refractivity contribution < 1.29 is 18.6 Å². The predicted octanol–water partition coefficient (Wildman–Crippen LogP) is 2.73. The van der Waals surface area contributed by atoms with Crippen LogP contribution in [0.15, 0.2) is 59.6 Å². The Morgan fingerprint density at radius 1 is 1.12 bits per heavy atom. The number of benzene rings is 2. The van der Waals surface area contributed by atoms with Crippen LogP contribution >= 0.6 is 0 Å². The van der Waals surface area contributed by atoms with Crippen molar-refractivity contribution in [1.82, 2.24) is 10.6 Å². The molecule has 0 radical (unpaired) electrons. The number of hydrogen-bond acceptors (Lipinski definition) is 3. The highest BCUT2D eigenvalue weighted by molar-refractivity contribution is 5.79. The zero-order valence-corrected chi connectivity index (χ0v) is 14.5. The topological polar surface area (TPSA) is 65.9 Å². The summed E-state index contributed by atoms with van der Waals surface area (Å²) >= 11 is 0. The zero-order chi connectivity index (χ0) is 18.8. The van der Waals surface area contributed by atoms with Crippen molar-refractivity contribution in [1.29, 1.82) is 0 Å². The van der Waals surface area contributed by atoms with Gasteiger partial charge in [-0.15, -0.1) is 0 Å². The van der Waals surface area contributed by atoms with Crippen LogP contribution in [-0.4, -0.2) is 37.9 Å². The van der Waals surface area contributed by atoms with Gasteiger partial charge in [-0.2, -0.15) is 8.78 Å². The first kappa shape index (κ1) is 19.7. The van der Waals surface area contributed by atoms with Gasteiger partial charge < -0.3 is 20.5 Å². The molecule has 2 rings (SSSR count). The molecule has 3 N–H and O–H groups in total. The zero-order valence-electron chi connectivity index (χ0n) is 14.5. The third kappa shape index (κ3) is 6.33. The summed E-state index contributed by atoms with van der Waals surface area (Å²) in [6, 6.07) is 16.2. The third-order valence-corrected chi connectivity index (χ3v) is 3.81. The van der Waals surface area contributed by atoms with Crippen LogP contribution in [0, 0.1) is 0 Å². The molecule has 2 aromatic carbocycles. The highest BCUT2D eigenvalue weighted by atomic mass is 19.3. The first-order chi connectivity index (χ1) is 12.6. The molecule has 0 heterocycles. The van der Waals surface area contributed by atoms with Crippen LogP contribution in [0.3, 0.4) is 0 Å². The van der Waals surface area contributed by atoms with Gasteiger partial charge in [0.15, 0.2) is 5.96 Å². The second-order valence-corrected chi connectivity index (χ2v) is 5.62. The molecule has 1 unspecified atom stereocenters. The average Bonchev–Trinajstić information content (AvgIpc) is 2.65. The lowest BCUT2D eigenvalue weighted by Crippen LogP contribution is -2.39. The molecule has 1 atom stereocenters. The van der Waals surface area contributed by atoms with Crippen LogP contribution in [0.2, 0.25) is 0 Å². The summed E-state index contributed by atoms with van der Waals surface area (Å²) in [5.41, 5.74) is 1.82. The van der Waals surface area contributed by atoms with E-state index in [4.69, 9.17) is 0 Å². The Labute approximate surface area is 151 Å². The molecule has 140 valence electrons. The van der Waals surface area contributed by atoms with Crippen molar-refractivity contribution in [3.05, 3.63) is 65.7 Å². The number of aliphatic hydroxyl groups excluding tert-OH is 1. The highest BCUT2D eigenvalue weighted by Gasteiger charge is 2.11. The van der Waals surface area contributed by atoms with E-state index in [0.717, 1.165) is 11.1 Å². The molecule has 5 nitrogen and oxygen atoms in total. The van der Waals surface area contributed by atoms with E-state index in [0.29, 0.717) is 19.0 Å². The fourth-order valence-corrected chi connectivity index (χ4v) is 2.47. The molecule has 7 heteroatoms. The number of hydrogen-bond donors (Lipinski definition) is 3. The Balaban J connectivity index is 1.88. The third-order valence-electron chi connectivity index (χ3n) is 3.81. The van der Waals surface area contributed by atoms with E-state index in [2.05, 4.69) is 20.4 Å². The normalized spacial score (nSPS) is 12.7. The van der Waals surface area contributed by atoms with Gasteiger partial charge in [0.1, 0.15) is 5.75 Å².